The molecule has 0 atom stereocenters. The van der Waals surface area contributed by atoms with Crippen molar-refractivity contribution in [1.82, 2.24) is 0 Å². The molecule has 0 aliphatic heterocycles. The van der Waals surface area contributed by atoms with Crippen molar-refractivity contribution < 1.29 is 18.9 Å². The first-order valence-corrected chi connectivity index (χ1v) is 5.82. The average Bonchev–Trinajstić information content (AvgIpc) is 2.30. The van der Waals surface area contributed by atoms with Gasteiger partial charge in [0.05, 0.1) is 45.5 Å². The van der Waals surface area contributed by atoms with Gasteiger partial charge in [-0.1, -0.05) is 0 Å². The first-order chi connectivity index (χ1) is 8.27. The zero-order chi connectivity index (χ0) is 12.8. The molecule has 0 spiro atoms. The lowest BCUT2D eigenvalue weighted by Gasteiger charge is -2.06. The Morgan fingerprint density at radius 3 is 1.82 bits per heavy atom. The van der Waals surface area contributed by atoms with Crippen LogP contribution in [0.1, 0.15) is 12.8 Å². The summed E-state index contributed by atoms with van der Waals surface area (Å²) in [6.45, 7) is 4.10. The van der Waals surface area contributed by atoms with Crippen molar-refractivity contribution >= 4 is 5.84 Å². The first kappa shape index (κ1) is 16.3. The van der Waals surface area contributed by atoms with E-state index in [9.17, 15) is 0 Å². The molecule has 6 heteroatoms. The standard InChI is InChI=1S/C11H24N2O4/c1-14-5-6-16-9-10-17-8-7-15-4-2-3-11(12)13/h2-10H2,1H3,(H3,12,13). The molecular weight excluding hydrogens is 224 g/mol. The topological polar surface area (TPSA) is 86.8 Å². The van der Waals surface area contributed by atoms with Crippen LogP contribution >= 0.6 is 0 Å². The molecule has 0 saturated carbocycles. The van der Waals surface area contributed by atoms with Crippen LogP contribution in [0.2, 0.25) is 0 Å². The minimum atomic E-state index is 0.207. The monoisotopic (exact) mass is 248 g/mol. The van der Waals surface area contributed by atoms with Crippen LogP contribution in [0.25, 0.3) is 0 Å². The molecule has 0 aliphatic carbocycles. The lowest BCUT2D eigenvalue weighted by molar-refractivity contribution is 0.00356. The van der Waals surface area contributed by atoms with Crippen molar-refractivity contribution in [2.75, 3.05) is 53.4 Å². The fourth-order valence-corrected chi connectivity index (χ4v) is 1.05. The zero-order valence-corrected chi connectivity index (χ0v) is 10.6. The van der Waals surface area contributed by atoms with Crippen LogP contribution in [0.15, 0.2) is 0 Å². The predicted octanol–water partition coefficient (Wildman–Crippen LogP) is 0.399. The van der Waals surface area contributed by atoms with E-state index in [1.807, 2.05) is 0 Å². The summed E-state index contributed by atoms with van der Waals surface area (Å²) in [7, 11) is 1.64. The van der Waals surface area contributed by atoms with Crippen LogP contribution < -0.4 is 5.73 Å². The van der Waals surface area contributed by atoms with Crippen LogP contribution in [0.5, 0.6) is 0 Å². The van der Waals surface area contributed by atoms with Crippen molar-refractivity contribution in [1.29, 1.82) is 5.41 Å². The summed E-state index contributed by atoms with van der Waals surface area (Å²) in [5, 5.41) is 7.01. The third-order valence-corrected chi connectivity index (χ3v) is 1.91. The lowest BCUT2D eigenvalue weighted by atomic mass is 10.3. The van der Waals surface area contributed by atoms with Gasteiger partial charge in [0.1, 0.15) is 0 Å². The van der Waals surface area contributed by atoms with Crippen LogP contribution in [0.3, 0.4) is 0 Å². The molecule has 0 saturated heterocycles. The number of hydrogen-bond donors (Lipinski definition) is 2. The Morgan fingerprint density at radius 2 is 1.35 bits per heavy atom. The van der Waals surface area contributed by atoms with E-state index in [1.54, 1.807) is 7.11 Å². The summed E-state index contributed by atoms with van der Waals surface area (Å²) in [5.41, 5.74) is 5.20. The van der Waals surface area contributed by atoms with Gasteiger partial charge in [-0.2, -0.15) is 0 Å². The van der Waals surface area contributed by atoms with E-state index in [1.165, 1.54) is 0 Å². The van der Waals surface area contributed by atoms with E-state index in [0.717, 1.165) is 6.42 Å². The van der Waals surface area contributed by atoms with E-state index in [0.29, 0.717) is 52.7 Å². The highest BCUT2D eigenvalue weighted by Crippen LogP contribution is 1.89. The highest BCUT2D eigenvalue weighted by molar-refractivity contribution is 5.76. The van der Waals surface area contributed by atoms with Crippen molar-refractivity contribution in [2.24, 2.45) is 5.73 Å². The summed E-state index contributed by atoms with van der Waals surface area (Å²) < 4.78 is 20.6. The summed E-state index contributed by atoms with van der Waals surface area (Å²) >= 11 is 0. The Balaban J connectivity index is 2.91. The normalized spacial score (nSPS) is 10.6. The van der Waals surface area contributed by atoms with E-state index in [2.05, 4.69) is 0 Å². The molecule has 0 unspecified atom stereocenters. The Morgan fingerprint density at radius 1 is 0.882 bits per heavy atom. The quantitative estimate of drug-likeness (QED) is 0.280. The number of nitrogens with one attached hydrogen (secondary N) is 1. The van der Waals surface area contributed by atoms with Crippen molar-refractivity contribution in [2.45, 2.75) is 12.8 Å². The molecule has 0 aromatic carbocycles. The number of ether oxygens (including phenoxy) is 4. The van der Waals surface area contributed by atoms with E-state index < -0.39 is 0 Å². The third kappa shape index (κ3) is 15.3. The number of methoxy groups -OCH3 is 1. The Bertz CT molecular complexity index is 179. The van der Waals surface area contributed by atoms with Gasteiger partial charge in [-0.05, 0) is 6.42 Å². The Labute approximate surface area is 103 Å². The molecule has 6 nitrogen and oxygen atoms in total. The molecule has 0 rings (SSSR count). The fourth-order valence-electron chi connectivity index (χ4n) is 1.05. The molecule has 0 fully saturated rings. The molecule has 0 aliphatic rings. The number of amidine groups is 1. The molecule has 0 radical (unpaired) electrons. The second-order valence-corrected chi connectivity index (χ2v) is 3.46. The van der Waals surface area contributed by atoms with Crippen molar-refractivity contribution in [3.8, 4) is 0 Å². The molecule has 0 aromatic heterocycles. The lowest BCUT2D eigenvalue weighted by Crippen LogP contribution is -2.13. The van der Waals surface area contributed by atoms with Gasteiger partial charge < -0.3 is 24.7 Å². The molecule has 3 N–H and O–H groups in total. The van der Waals surface area contributed by atoms with E-state index in [-0.39, 0.29) is 5.84 Å². The molecule has 0 heterocycles. The van der Waals surface area contributed by atoms with Gasteiger partial charge in [0.25, 0.3) is 0 Å². The maximum absolute atomic E-state index is 7.01. The van der Waals surface area contributed by atoms with E-state index >= 15 is 0 Å². The highest BCUT2D eigenvalue weighted by atomic mass is 16.6. The van der Waals surface area contributed by atoms with Crippen molar-refractivity contribution in [3.05, 3.63) is 0 Å². The number of nitrogens with two attached hydrogens (primary N) is 1. The minimum absolute atomic E-state index is 0.207. The number of rotatable bonds is 13. The van der Waals surface area contributed by atoms with Crippen molar-refractivity contribution in [3.63, 3.8) is 0 Å². The van der Waals surface area contributed by atoms with Gasteiger partial charge in [-0.15, -0.1) is 0 Å². The van der Waals surface area contributed by atoms with E-state index in [4.69, 9.17) is 30.1 Å². The Kier molecular flexibility index (Phi) is 12.8. The predicted molar refractivity (Wildman–Crippen MR) is 65.5 cm³/mol. The molecular formula is C11H24N2O4. The van der Waals surface area contributed by atoms with Crippen LogP contribution in [0, 0.1) is 5.41 Å². The fraction of sp³-hybridized carbons (Fsp3) is 0.909. The van der Waals surface area contributed by atoms with Gasteiger partial charge in [0.2, 0.25) is 0 Å². The summed E-state index contributed by atoms with van der Waals surface area (Å²) in [5.74, 6) is 0.207. The maximum Gasteiger partial charge on any atom is 0.0906 e. The summed E-state index contributed by atoms with van der Waals surface area (Å²) in [6.07, 6.45) is 1.38. The molecule has 102 valence electrons. The smallest absolute Gasteiger partial charge is 0.0906 e. The highest BCUT2D eigenvalue weighted by Gasteiger charge is 1.93. The summed E-state index contributed by atoms with van der Waals surface area (Å²) in [6, 6.07) is 0. The van der Waals surface area contributed by atoms with Gasteiger partial charge in [-0.25, -0.2) is 0 Å². The van der Waals surface area contributed by atoms with Crippen LogP contribution in [-0.4, -0.2) is 59.2 Å². The van der Waals surface area contributed by atoms with Gasteiger partial charge in [-0.3, -0.25) is 5.41 Å². The van der Waals surface area contributed by atoms with Gasteiger partial charge >= 0.3 is 0 Å². The third-order valence-electron chi connectivity index (χ3n) is 1.91. The van der Waals surface area contributed by atoms with Crippen LogP contribution in [0.4, 0.5) is 0 Å². The SMILES string of the molecule is COCCOCCOCCOCCCC(=N)N. The molecule has 0 bridgehead atoms. The first-order valence-electron chi connectivity index (χ1n) is 5.82. The van der Waals surface area contributed by atoms with Crippen LogP contribution in [-0.2, 0) is 18.9 Å². The van der Waals surface area contributed by atoms with Gasteiger partial charge in [0, 0.05) is 20.1 Å². The molecule has 0 amide bonds. The minimum Gasteiger partial charge on any atom is -0.388 e. The largest absolute Gasteiger partial charge is 0.388 e. The summed E-state index contributed by atoms with van der Waals surface area (Å²) in [4.78, 5) is 0. The maximum atomic E-state index is 7.01. The average molecular weight is 248 g/mol. The van der Waals surface area contributed by atoms with Gasteiger partial charge in [0.15, 0.2) is 0 Å². The molecule has 17 heavy (non-hydrogen) atoms. The second kappa shape index (κ2) is 13.4. The zero-order valence-electron chi connectivity index (χ0n) is 10.6. The number of hydrogen-bond acceptors (Lipinski definition) is 5. The Hall–Kier alpha value is -0.690. The molecule has 0 aromatic rings. The second-order valence-electron chi connectivity index (χ2n) is 3.46.